The number of amides is 1. The summed E-state index contributed by atoms with van der Waals surface area (Å²) >= 11 is 0. The number of benzene rings is 1. The Morgan fingerprint density at radius 2 is 1.72 bits per heavy atom. The SMILES string of the molecule is CC(=O)c1c(C)[nH]c(C(=O)N2CCN(c3nnnn3-c3ccccc3)CC2)c1C. The van der Waals surface area contributed by atoms with Crippen LogP contribution in [0.1, 0.15) is 39.0 Å². The molecule has 3 heterocycles. The molecule has 150 valence electrons. The van der Waals surface area contributed by atoms with Crippen molar-refractivity contribution >= 4 is 17.6 Å². The zero-order valence-electron chi connectivity index (χ0n) is 16.7. The minimum Gasteiger partial charge on any atom is -0.354 e. The minimum absolute atomic E-state index is 0.0344. The maximum Gasteiger partial charge on any atom is 0.270 e. The number of carbonyl (C=O) groups excluding carboxylic acids is 2. The van der Waals surface area contributed by atoms with E-state index in [9.17, 15) is 9.59 Å². The molecule has 0 aliphatic carbocycles. The first kappa shape index (κ1) is 18.9. The summed E-state index contributed by atoms with van der Waals surface area (Å²) in [4.78, 5) is 31.8. The third-order valence-corrected chi connectivity index (χ3v) is 5.31. The van der Waals surface area contributed by atoms with E-state index < -0.39 is 0 Å². The Balaban J connectivity index is 1.49. The Morgan fingerprint density at radius 1 is 1.03 bits per heavy atom. The molecule has 1 aromatic carbocycles. The first-order valence-electron chi connectivity index (χ1n) is 9.55. The third kappa shape index (κ3) is 3.39. The largest absolute Gasteiger partial charge is 0.354 e. The molecule has 0 radical (unpaired) electrons. The number of piperazine rings is 1. The first-order valence-corrected chi connectivity index (χ1v) is 9.55. The van der Waals surface area contributed by atoms with Crippen LogP contribution in [0.3, 0.4) is 0 Å². The highest BCUT2D eigenvalue weighted by molar-refractivity contribution is 6.02. The van der Waals surface area contributed by atoms with Gasteiger partial charge >= 0.3 is 0 Å². The lowest BCUT2D eigenvalue weighted by atomic mass is 10.1. The van der Waals surface area contributed by atoms with Crippen molar-refractivity contribution in [2.75, 3.05) is 31.1 Å². The second kappa shape index (κ2) is 7.50. The van der Waals surface area contributed by atoms with Crippen molar-refractivity contribution in [1.29, 1.82) is 0 Å². The molecule has 1 fully saturated rings. The third-order valence-electron chi connectivity index (χ3n) is 5.31. The van der Waals surface area contributed by atoms with Gasteiger partial charge in [-0.05, 0) is 48.9 Å². The fourth-order valence-corrected chi connectivity index (χ4v) is 3.88. The highest BCUT2D eigenvalue weighted by atomic mass is 16.2. The van der Waals surface area contributed by atoms with Gasteiger partial charge in [-0.3, -0.25) is 9.59 Å². The number of rotatable bonds is 4. The summed E-state index contributed by atoms with van der Waals surface area (Å²) in [7, 11) is 0. The molecular formula is C20H23N7O2. The Kier molecular flexibility index (Phi) is 4.87. The molecule has 1 N–H and O–H groups in total. The summed E-state index contributed by atoms with van der Waals surface area (Å²) in [5, 5.41) is 12.1. The van der Waals surface area contributed by atoms with Crippen molar-refractivity contribution in [3.8, 4) is 5.69 Å². The van der Waals surface area contributed by atoms with Crippen molar-refractivity contribution in [2.45, 2.75) is 20.8 Å². The summed E-state index contributed by atoms with van der Waals surface area (Å²) in [6.07, 6.45) is 0. The average molecular weight is 393 g/mol. The van der Waals surface area contributed by atoms with Crippen LogP contribution in [0.5, 0.6) is 0 Å². The molecule has 0 unspecified atom stereocenters. The highest BCUT2D eigenvalue weighted by Gasteiger charge is 2.28. The molecule has 9 nitrogen and oxygen atoms in total. The van der Waals surface area contributed by atoms with Gasteiger partial charge < -0.3 is 14.8 Å². The Morgan fingerprint density at radius 3 is 2.34 bits per heavy atom. The van der Waals surface area contributed by atoms with Crippen LogP contribution in [0.4, 0.5) is 5.95 Å². The van der Waals surface area contributed by atoms with Crippen molar-refractivity contribution in [3.63, 3.8) is 0 Å². The summed E-state index contributed by atoms with van der Waals surface area (Å²) in [5.41, 5.74) is 3.44. The van der Waals surface area contributed by atoms with E-state index in [-0.39, 0.29) is 11.7 Å². The van der Waals surface area contributed by atoms with Gasteiger partial charge in [-0.2, -0.15) is 4.68 Å². The van der Waals surface area contributed by atoms with E-state index in [0.29, 0.717) is 43.4 Å². The van der Waals surface area contributed by atoms with E-state index >= 15 is 0 Å². The van der Waals surface area contributed by atoms with Crippen molar-refractivity contribution in [1.82, 2.24) is 30.1 Å². The molecule has 3 aromatic rings. The molecule has 1 aliphatic heterocycles. The smallest absolute Gasteiger partial charge is 0.270 e. The highest BCUT2D eigenvalue weighted by Crippen LogP contribution is 2.22. The van der Waals surface area contributed by atoms with E-state index in [1.807, 2.05) is 44.2 Å². The Labute approximate surface area is 168 Å². The summed E-state index contributed by atoms with van der Waals surface area (Å²) in [6.45, 7) is 7.50. The number of carbonyl (C=O) groups is 2. The normalized spacial score (nSPS) is 14.3. The van der Waals surface area contributed by atoms with Crippen LogP contribution in [0.15, 0.2) is 30.3 Å². The maximum atomic E-state index is 13.0. The number of aromatic amines is 1. The topological polar surface area (TPSA) is 100 Å². The average Bonchev–Trinajstić information content (AvgIpc) is 3.32. The second-order valence-electron chi connectivity index (χ2n) is 7.19. The van der Waals surface area contributed by atoms with E-state index in [4.69, 9.17) is 0 Å². The Hall–Kier alpha value is -3.49. The van der Waals surface area contributed by atoms with Gasteiger partial charge in [0.15, 0.2) is 5.78 Å². The number of ketones is 1. The number of aromatic nitrogens is 5. The number of Topliss-reactive ketones (excluding diaryl/α,β-unsaturated/α-hetero) is 1. The number of anilines is 1. The molecule has 1 saturated heterocycles. The van der Waals surface area contributed by atoms with E-state index in [0.717, 1.165) is 16.9 Å². The predicted molar refractivity (Wildman–Crippen MR) is 108 cm³/mol. The molecule has 2 aromatic heterocycles. The fourth-order valence-electron chi connectivity index (χ4n) is 3.88. The second-order valence-corrected chi connectivity index (χ2v) is 7.19. The first-order chi connectivity index (χ1) is 14.0. The van der Waals surface area contributed by atoms with Gasteiger partial charge in [0.25, 0.3) is 5.91 Å². The van der Waals surface area contributed by atoms with Gasteiger partial charge in [-0.1, -0.05) is 23.3 Å². The number of nitrogens with zero attached hydrogens (tertiary/aromatic N) is 6. The molecule has 0 bridgehead atoms. The van der Waals surface area contributed by atoms with Gasteiger partial charge in [-0.15, -0.1) is 0 Å². The number of nitrogens with one attached hydrogen (secondary N) is 1. The monoisotopic (exact) mass is 393 g/mol. The quantitative estimate of drug-likeness (QED) is 0.678. The number of hydrogen-bond donors (Lipinski definition) is 1. The van der Waals surface area contributed by atoms with Crippen LogP contribution in [0.25, 0.3) is 5.69 Å². The minimum atomic E-state index is -0.0830. The van der Waals surface area contributed by atoms with Gasteiger partial charge in [0.05, 0.1) is 5.69 Å². The molecule has 0 atom stereocenters. The van der Waals surface area contributed by atoms with Gasteiger partial charge in [0.2, 0.25) is 5.95 Å². The fraction of sp³-hybridized carbons (Fsp3) is 0.350. The lowest BCUT2D eigenvalue weighted by molar-refractivity contribution is 0.0740. The number of para-hydroxylation sites is 1. The number of H-pyrrole nitrogens is 1. The van der Waals surface area contributed by atoms with Crippen molar-refractivity contribution in [3.05, 3.63) is 52.8 Å². The van der Waals surface area contributed by atoms with Gasteiger partial charge in [0, 0.05) is 37.4 Å². The standard InChI is InChI=1S/C20H23N7O2/c1-13-17(15(3)28)14(2)21-18(13)19(29)25-9-11-26(12-10-25)20-22-23-24-27(20)16-7-5-4-6-8-16/h4-8,21H,9-12H2,1-3H3. The number of hydrogen-bond acceptors (Lipinski definition) is 6. The lowest BCUT2D eigenvalue weighted by Crippen LogP contribution is -2.49. The molecule has 1 amide bonds. The lowest BCUT2D eigenvalue weighted by Gasteiger charge is -2.34. The summed E-state index contributed by atoms with van der Waals surface area (Å²) in [6, 6.07) is 9.71. The van der Waals surface area contributed by atoms with Crippen molar-refractivity contribution in [2.24, 2.45) is 0 Å². The summed E-state index contributed by atoms with van der Waals surface area (Å²) < 4.78 is 1.70. The molecule has 0 saturated carbocycles. The number of tetrazole rings is 1. The molecule has 29 heavy (non-hydrogen) atoms. The molecule has 0 spiro atoms. The van der Waals surface area contributed by atoms with Gasteiger partial charge in [0.1, 0.15) is 5.69 Å². The van der Waals surface area contributed by atoms with E-state index in [1.165, 1.54) is 6.92 Å². The zero-order valence-corrected chi connectivity index (χ0v) is 16.7. The summed E-state index contributed by atoms with van der Waals surface area (Å²) in [5.74, 6) is 0.544. The molecule has 1 aliphatic rings. The number of aryl methyl sites for hydroxylation is 1. The van der Waals surface area contributed by atoms with Crippen LogP contribution in [-0.2, 0) is 0 Å². The molecule has 4 rings (SSSR count). The van der Waals surface area contributed by atoms with Crippen LogP contribution in [0.2, 0.25) is 0 Å². The zero-order chi connectivity index (χ0) is 20.5. The van der Waals surface area contributed by atoms with Crippen LogP contribution in [-0.4, -0.2) is 68.0 Å². The van der Waals surface area contributed by atoms with Crippen LogP contribution < -0.4 is 4.90 Å². The van der Waals surface area contributed by atoms with Crippen LogP contribution in [0, 0.1) is 13.8 Å². The van der Waals surface area contributed by atoms with E-state index in [1.54, 1.807) is 9.58 Å². The maximum absolute atomic E-state index is 13.0. The predicted octanol–water partition coefficient (Wildman–Crippen LogP) is 1.77. The molecule has 9 heteroatoms. The Bertz CT molecular complexity index is 1050. The van der Waals surface area contributed by atoms with Crippen LogP contribution >= 0.6 is 0 Å². The van der Waals surface area contributed by atoms with Crippen molar-refractivity contribution < 1.29 is 9.59 Å². The van der Waals surface area contributed by atoms with Gasteiger partial charge in [-0.25, -0.2) is 0 Å². The molecular weight excluding hydrogens is 370 g/mol. The van der Waals surface area contributed by atoms with E-state index in [2.05, 4.69) is 25.4 Å².